The second-order valence-corrected chi connectivity index (χ2v) is 10.9. The number of nitrogens with zero attached hydrogens (tertiary/aromatic N) is 6. The molecule has 0 bridgehead atoms. The number of hydrazone groups is 1. The highest BCUT2D eigenvalue weighted by molar-refractivity contribution is 7.92. The minimum absolute atomic E-state index is 0.0875. The maximum atomic E-state index is 12.7. The SMILES string of the molecule is CN/C(=N\[N+](=O)[O-])NCc1cnc(Cl)s1.N#Cc1nn(-c2c(Cl)cc(C(F)(F)F)cc2Cl)c(N)c1[S+]([O-])C(F)(F)F. The van der Waals surface area contributed by atoms with Gasteiger partial charge in [0.1, 0.15) is 28.0 Å². The van der Waals surface area contributed by atoms with Crippen LogP contribution in [-0.4, -0.2) is 42.9 Å². The highest BCUT2D eigenvalue weighted by Crippen LogP contribution is 2.41. The van der Waals surface area contributed by atoms with Crippen LogP contribution in [0, 0.1) is 21.4 Å². The van der Waals surface area contributed by atoms with Crippen molar-refractivity contribution in [2.75, 3.05) is 12.8 Å². The molecule has 12 nitrogen and oxygen atoms in total. The maximum Gasteiger partial charge on any atom is 0.578 e. The van der Waals surface area contributed by atoms with Gasteiger partial charge in [-0.2, -0.15) is 18.4 Å². The summed E-state index contributed by atoms with van der Waals surface area (Å²) in [5.41, 5.74) is -2.42. The number of hydrogen-bond donors (Lipinski definition) is 3. The van der Waals surface area contributed by atoms with E-state index >= 15 is 0 Å². The van der Waals surface area contributed by atoms with Crippen LogP contribution in [0.2, 0.25) is 14.5 Å². The zero-order chi connectivity index (χ0) is 31.3. The third-order valence-electron chi connectivity index (χ3n) is 4.31. The minimum atomic E-state index is -5.25. The van der Waals surface area contributed by atoms with Crippen molar-refractivity contribution in [3.63, 3.8) is 0 Å². The number of nitro groups is 1. The van der Waals surface area contributed by atoms with Gasteiger partial charge in [-0.05, 0) is 12.1 Å². The molecule has 2 heterocycles. The Morgan fingerprint density at radius 2 is 1.85 bits per heavy atom. The Bertz CT molecular complexity index is 1470. The summed E-state index contributed by atoms with van der Waals surface area (Å²) >= 11 is 14.7. The average molecular weight is 687 g/mol. The van der Waals surface area contributed by atoms with Gasteiger partial charge in [0, 0.05) is 18.1 Å². The third kappa shape index (κ3) is 8.88. The minimum Gasteiger partial charge on any atom is -0.604 e. The number of alkyl halides is 6. The molecule has 0 fully saturated rings. The Labute approximate surface area is 247 Å². The molecule has 3 aromatic rings. The first kappa shape index (κ1) is 34.0. The number of guanidine groups is 1. The smallest absolute Gasteiger partial charge is 0.578 e. The molecule has 0 aliphatic carbocycles. The average Bonchev–Trinajstić information content (AvgIpc) is 3.42. The highest BCUT2D eigenvalue weighted by atomic mass is 35.5. The van der Waals surface area contributed by atoms with E-state index in [1.165, 1.54) is 24.5 Å². The lowest BCUT2D eigenvalue weighted by atomic mass is 10.2. The Morgan fingerprint density at radius 1 is 1.27 bits per heavy atom. The fourth-order valence-electron chi connectivity index (χ4n) is 2.68. The Balaban J connectivity index is 0.000000333. The van der Waals surface area contributed by atoms with Crippen LogP contribution in [0.3, 0.4) is 0 Å². The number of aromatic nitrogens is 3. The van der Waals surface area contributed by atoms with E-state index in [0.29, 0.717) is 27.8 Å². The van der Waals surface area contributed by atoms with Crippen LogP contribution in [0.1, 0.15) is 16.1 Å². The first-order valence-electron chi connectivity index (χ1n) is 9.99. The van der Waals surface area contributed by atoms with E-state index < -0.39 is 65.6 Å². The third-order valence-corrected chi connectivity index (χ3v) is 7.19. The predicted octanol–water partition coefficient (Wildman–Crippen LogP) is 4.93. The molecule has 0 amide bonds. The monoisotopic (exact) mass is 685 g/mol. The number of rotatable bonds is 5. The summed E-state index contributed by atoms with van der Waals surface area (Å²) in [6, 6.07) is 2.19. The van der Waals surface area contributed by atoms with Crippen molar-refractivity contribution in [2.24, 2.45) is 5.10 Å². The number of thiazole rings is 1. The molecule has 0 saturated carbocycles. The molecule has 1 aromatic carbocycles. The van der Waals surface area contributed by atoms with Crippen LogP contribution in [0.25, 0.3) is 5.69 Å². The molecular formula is C18H12Cl3F6N9O3S2. The van der Waals surface area contributed by atoms with Crippen LogP contribution >= 0.6 is 46.1 Å². The molecule has 0 aliphatic heterocycles. The van der Waals surface area contributed by atoms with E-state index in [1.807, 2.05) is 0 Å². The standard InChI is InChI=1S/C12H4Cl2F6N4OS.C6H8ClN5O2S/c13-5-1-4(11(15,16)17)2-6(14)8(5)24-10(22)9(7(3-21)23-24)26(25)12(18,19)20;1-8-6(11-12(13)14)10-3-4-2-9-5(7)15-4/h1-2H,22H2;2H,3H2,1H3,(H2,8,10,11). The van der Waals surface area contributed by atoms with Crippen molar-refractivity contribution < 1.29 is 35.9 Å². The van der Waals surface area contributed by atoms with Crippen LogP contribution in [0.15, 0.2) is 28.3 Å². The van der Waals surface area contributed by atoms with Crippen molar-refractivity contribution in [3.8, 4) is 11.8 Å². The van der Waals surface area contributed by atoms with Gasteiger partial charge >= 0.3 is 11.7 Å². The molecule has 0 radical (unpaired) electrons. The van der Waals surface area contributed by atoms with E-state index in [2.05, 4.69) is 25.8 Å². The van der Waals surface area contributed by atoms with Gasteiger partial charge in [0.05, 0.1) is 22.2 Å². The molecule has 41 heavy (non-hydrogen) atoms. The van der Waals surface area contributed by atoms with E-state index in [0.717, 1.165) is 4.88 Å². The second-order valence-electron chi connectivity index (χ2n) is 6.96. The largest absolute Gasteiger partial charge is 0.604 e. The van der Waals surface area contributed by atoms with Gasteiger partial charge < -0.3 is 20.9 Å². The van der Waals surface area contributed by atoms with Crippen molar-refractivity contribution >= 4 is 69.1 Å². The lowest BCUT2D eigenvalue weighted by molar-refractivity contribution is -0.485. The fraction of sp³-hybridized carbons (Fsp3) is 0.222. The molecule has 1 atom stereocenters. The van der Waals surface area contributed by atoms with Gasteiger partial charge in [0.25, 0.3) is 5.96 Å². The molecule has 3 rings (SSSR count). The van der Waals surface area contributed by atoms with E-state index in [1.54, 1.807) is 6.20 Å². The van der Waals surface area contributed by atoms with Crippen molar-refractivity contribution in [2.45, 2.75) is 23.1 Å². The van der Waals surface area contributed by atoms with Gasteiger partial charge in [0.15, 0.2) is 15.3 Å². The predicted molar refractivity (Wildman–Crippen MR) is 138 cm³/mol. The molecule has 2 aromatic heterocycles. The molecule has 0 saturated heterocycles. The van der Waals surface area contributed by atoms with Crippen molar-refractivity contribution in [3.05, 3.63) is 59.1 Å². The summed E-state index contributed by atoms with van der Waals surface area (Å²) < 4.78 is 88.8. The Morgan fingerprint density at radius 3 is 2.27 bits per heavy atom. The van der Waals surface area contributed by atoms with E-state index in [-0.39, 0.29) is 5.96 Å². The van der Waals surface area contributed by atoms with Crippen LogP contribution < -0.4 is 16.4 Å². The number of hydrogen-bond acceptors (Lipinski definition) is 8. The van der Waals surface area contributed by atoms with Gasteiger partial charge in [-0.25, -0.2) is 19.8 Å². The highest BCUT2D eigenvalue weighted by Gasteiger charge is 2.50. The quantitative estimate of drug-likeness (QED) is 0.0836. The Kier molecular flexibility index (Phi) is 11.3. The van der Waals surface area contributed by atoms with Crippen molar-refractivity contribution in [1.29, 1.82) is 5.26 Å². The normalized spacial score (nSPS) is 12.7. The molecular weight excluding hydrogens is 675 g/mol. The zero-order valence-corrected chi connectivity index (χ0v) is 23.5. The van der Waals surface area contributed by atoms with Crippen LogP contribution in [0.5, 0.6) is 0 Å². The molecule has 222 valence electrons. The number of nitrogen functional groups attached to an aromatic ring is 1. The summed E-state index contributed by atoms with van der Waals surface area (Å²) in [4.78, 5) is 13.6. The topological polar surface area (TPSA) is 183 Å². The van der Waals surface area contributed by atoms with Gasteiger partial charge in [-0.15, -0.1) is 29.6 Å². The molecule has 0 aliphatic rings. The van der Waals surface area contributed by atoms with E-state index in [9.17, 15) is 41.0 Å². The summed E-state index contributed by atoms with van der Waals surface area (Å²) in [6.45, 7) is 0.387. The van der Waals surface area contributed by atoms with Gasteiger partial charge in [-0.1, -0.05) is 34.8 Å². The summed E-state index contributed by atoms with van der Waals surface area (Å²) in [5, 5.41) is 28.7. The van der Waals surface area contributed by atoms with Gasteiger partial charge in [0.2, 0.25) is 10.6 Å². The summed E-state index contributed by atoms with van der Waals surface area (Å²) in [5.74, 6) is -0.815. The molecule has 1 unspecified atom stereocenters. The summed E-state index contributed by atoms with van der Waals surface area (Å²) in [7, 11) is 1.54. The molecule has 23 heteroatoms. The first-order chi connectivity index (χ1) is 18.9. The number of halogens is 9. The first-order valence-corrected chi connectivity index (χ1v) is 13.1. The second kappa shape index (κ2) is 13.6. The zero-order valence-electron chi connectivity index (χ0n) is 19.6. The maximum absolute atomic E-state index is 12.7. The van der Waals surface area contributed by atoms with Crippen molar-refractivity contribution in [1.82, 2.24) is 25.4 Å². The number of nitrogens with two attached hydrogens (primary N) is 1. The van der Waals surface area contributed by atoms with Gasteiger partial charge in [-0.3, -0.25) is 0 Å². The number of nitriles is 1. The molecule has 4 N–H and O–H groups in total. The lowest BCUT2D eigenvalue weighted by Gasteiger charge is -2.14. The van der Waals surface area contributed by atoms with Crippen LogP contribution in [-0.2, 0) is 23.9 Å². The van der Waals surface area contributed by atoms with E-state index in [4.69, 9.17) is 45.8 Å². The lowest BCUT2D eigenvalue weighted by Crippen LogP contribution is -2.34. The number of anilines is 1. The summed E-state index contributed by atoms with van der Waals surface area (Å²) in [6.07, 6.45) is -3.19. The number of nitrogens with one attached hydrogen (secondary N) is 2. The Hall–Kier alpha value is -3.22. The fourth-order valence-corrected chi connectivity index (χ4v) is 5.02. The molecule has 0 spiro atoms. The number of benzene rings is 1. The van der Waals surface area contributed by atoms with Crippen LogP contribution in [0.4, 0.5) is 32.2 Å².